The number of benzene rings is 1. The summed E-state index contributed by atoms with van der Waals surface area (Å²) in [5.41, 5.74) is 2.01. The van der Waals surface area contributed by atoms with Crippen molar-refractivity contribution in [3.63, 3.8) is 0 Å². The molecule has 3 nitrogen and oxygen atoms in total. The molecule has 0 aliphatic rings. The first-order valence-electron chi connectivity index (χ1n) is 7.27. The molecule has 0 aliphatic carbocycles. The standard InChI is InChI=1S/C17H24N2O/c1-5-17(6-2,20-4)16(18-3)14-11-13-9-7-8-10-15(13)19-12-14/h7-12,16,18H,5-6H2,1-4H3. The topological polar surface area (TPSA) is 34.1 Å². The fourth-order valence-corrected chi connectivity index (χ4v) is 3.04. The molecule has 1 aromatic heterocycles. The number of rotatable bonds is 6. The van der Waals surface area contributed by atoms with E-state index < -0.39 is 0 Å². The van der Waals surface area contributed by atoms with Crippen LogP contribution in [0.3, 0.4) is 0 Å². The molecule has 0 saturated carbocycles. The molecule has 3 heteroatoms. The van der Waals surface area contributed by atoms with Gasteiger partial charge in [0.25, 0.3) is 0 Å². The van der Waals surface area contributed by atoms with Gasteiger partial charge in [-0.25, -0.2) is 0 Å². The van der Waals surface area contributed by atoms with Crippen molar-refractivity contribution in [3.05, 3.63) is 42.1 Å². The smallest absolute Gasteiger partial charge is 0.0867 e. The molecule has 1 heterocycles. The summed E-state index contributed by atoms with van der Waals surface area (Å²) in [5.74, 6) is 0. The van der Waals surface area contributed by atoms with Crippen LogP contribution >= 0.6 is 0 Å². The molecule has 0 spiro atoms. The number of aromatic nitrogens is 1. The average Bonchev–Trinajstić information content (AvgIpc) is 2.52. The lowest BCUT2D eigenvalue weighted by Gasteiger charge is -2.38. The Kier molecular flexibility index (Phi) is 4.73. The third-order valence-electron chi connectivity index (χ3n) is 4.36. The first-order valence-corrected chi connectivity index (χ1v) is 7.27. The first-order chi connectivity index (χ1) is 9.70. The Hall–Kier alpha value is -1.45. The van der Waals surface area contributed by atoms with E-state index in [0.717, 1.165) is 18.4 Å². The second-order valence-corrected chi connectivity index (χ2v) is 5.16. The Morgan fingerprint density at radius 1 is 1.25 bits per heavy atom. The Morgan fingerprint density at radius 3 is 2.55 bits per heavy atom. The summed E-state index contributed by atoms with van der Waals surface area (Å²) in [6, 6.07) is 10.6. The zero-order valence-corrected chi connectivity index (χ0v) is 12.8. The van der Waals surface area contributed by atoms with Crippen molar-refractivity contribution in [1.82, 2.24) is 10.3 Å². The number of para-hydroxylation sites is 1. The number of likely N-dealkylation sites (N-methyl/N-ethyl adjacent to an activating group) is 1. The van der Waals surface area contributed by atoms with Crippen molar-refractivity contribution in [1.29, 1.82) is 0 Å². The van der Waals surface area contributed by atoms with Crippen molar-refractivity contribution in [3.8, 4) is 0 Å². The molecule has 108 valence electrons. The predicted molar refractivity (Wildman–Crippen MR) is 83.9 cm³/mol. The summed E-state index contributed by atoms with van der Waals surface area (Å²) in [5, 5.41) is 4.58. The maximum Gasteiger partial charge on any atom is 0.0867 e. The molecule has 1 aromatic carbocycles. The third kappa shape index (κ3) is 2.56. The van der Waals surface area contributed by atoms with E-state index in [4.69, 9.17) is 4.74 Å². The van der Waals surface area contributed by atoms with Crippen molar-refractivity contribution < 1.29 is 4.74 Å². The molecule has 1 N–H and O–H groups in total. The summed E-state index contributed by atoms with van der Waals surface area (Å²) in [6.45, 7) is 4.34. The molecule has 0 amide bonds. The summed E-state index contributed by atoms with van der Waals surface area (Å²) in [4.78, 5) is 4.57. The van der Waals surface area contributed by atoms with Crippen LogP contribution in [-0.2, 0) is 4.74 Å². The van der Waals surface area contributed by atoms with Crippen molar-refractivity contribution >= 4 is 10.9 Å². The number of hydrogen-bond acceptors (Lipinski definition) is 3. The van der Waals surface area contributed by atoms with Crippen molar-refractivity contribution in [2.24, 2.45) is 0 Å². The molecular formula is C17H24N2O. The Labute approximate surface area is 121 Å². The Balaban J connectivity index is 2.48. The van der Waals surface area contributed by atoms with Crippen LogP contribution in [-0.4, -0.2) is 24.7 Å². The summed E-state index contributed by atoms with van der Waals surface area (Å²) in [7, 11) is 3.78. The largest absolute Gasteiger partial charge is 0.376 e. The van der Waals surface area contributed by atoms with Gasteiger partial charge in [-0.15, -0.1) is 0 Å². The van der Waals surface area contributed by atoms with Crippen LogP contribution in [0.5, 0.6) is 0 Å². The summed E-state index contributed by atoms with van der Waals surface area (Å²) < 4.78 is 5.87. The highest BCUT2D eigenvalue weighted by Gasteiger charge is 2.36. The number of nitrogens with one attached hydrogen (secondary N) is 1. The number of ether oxygens (including phenoxy) is 1. The average molecular weight is 272 g/mol. The van der Waals surface area contributed by atoms with Gasteiger partial charge < -0.3 is 10.1 Å². The van der Waals surface area contributed by atoms with Crippen LogP contribution < -0.4 is 5.32 Å². The molecule has 2 rings (SSSR count). The van der Waals surface area contributed by atoms with Crippen molar-refractivity contribution in [2.75, 3.05) is 14.2 Å². The minimum absolute atomic E-state index is 0.139. The highest BCUT2D eigenvalue weighted by Crippen LogP contribution is 2.35. The maximum absolute atomic E-state index is 5.87. The SMILES string of the molecule is CCC(CC)(OC)C(NC)c1cnc2ccccc2c1. The number of nitrogens with zero attached hydrogens (tertiary/aromatic N) is 1. The van der Waals surface area contributed by atoms with Crippen LogP contribution in [0, 0.1) is 0 Å². The van der Waals surface area contributed by atoms with Crippen LogP contribution in [0.1, 0.15) is 38.3 Å². The van der Waals surface area contributed by atoms with Gasteiger partial charge in [0.1, 0.15) is 0 Å². The lowest BCUT2D eigenvalue weighted by Crippen LogP contribution is -2.43. The van der Waals surface area contributed by atoms with Gasteiger partial charge in [-0.2, -0.15) is 0 Å². The number of hydrogen-bond donors (Lipinski definition) is 1. The fraction of sp³-hybridized carbons (Fsp3) is 0.471. The predicted octanol–water partition coefficient (Wildman–Crippen LogP) is 3.70. The van der Waals surface area contributed by atoms with E-state index in [0.29, 0.717) is 0 Å². The molecule has 20 heavy (non-hydrogen) atoms. The second kappa shape index (κ2) is 6.33. The van der Waals surface area contributed by atoms with E-state index in [1.54, 1.807) is 7.11 Å². The van der Waals surface area contributed by atoms with Crippen LogP contribution in [0.25, 0.3) is 10.9 Å². The highest BCUT2D eigenvalue weighted by atomic mass is 16.5. The van der Waals surface area contributed by atoms with Gasteiger partial charge in [0.05, 0.1) is 17.2 Å². The maximum atomic E-state index is 5.87. The molecule has 0 saturated heterocycles. The molecule has 0 radical (unpaired) electrons. The number of methoxy groups -OCH3 is 1. The van der Waals surface area contributed by atoms with Crippen LogP contribution in [0.2, 0.25) is 0 Å². The van der Waals surface area contributed by atoms with Gasteiger partial charge in [0.15, 0.2) is 0 Å². The van der Waals surface area contributed by atoms with Gasteiger partial charge in [0.2, 0.25) is 0 Å². The van der Waals surface area contributed by atoms with Crippen LogP contribution in [0.15, 0.2) is 36.5 Å². The molecule has 1 unspecified atom stereocenters. The summed E-state index contributed by atoms with van der Waals surface area (Å²) in [6.07, 6.45) is 3.87. The number of pyridine rings is 1. The van der Waals surface area contributed by atoms with E-state index >= 15 is 0 Å². The quantitative estimate of drug-likeness (QED) is 0.870. The number of fused-ring (bicyclic) bond motifs is 1. The lowest BCUT2D eigenvalue weighted by molar-refractivity contribution is -0.0468. The van der Waals surface area contributed by atoms with Crippen LogP contribution in [0.4, 0.5) is 0 Å². The van der Waals surface area contributed by atoms with E-state index in [2.05, 4.69) is 36.3 Å². The molecule has 0 aliphatic heterocycles. The van der Waals surface area contributed by atoms with Gasteiger partial charge in [0, 0.05) is 18.7 Å². The first kappa shape index (κ1) is 14.9. The normalized spacial score (nSPS) is 13.6. The van der Waals surface area contributed by atoms with Gasteiger partial charge in [-0.05, 0) is 37.6 Å². The molecule has 0 fully saturated rings. The van der Waals surface area contributed by atoms with Gasteiger partial charge in [-0.1, -0.05) is 32.0 Å². The summed E-state index contributed by atoms with van der Waals surface area (Å²) >= 11 is 0. The van der Waals surface area contributed by atoms with Gasteiger partial charge in [-0.3, -0.25) is 4.98 Å². The molecule has 0 bridgehead atoms. The van der Waals surface area contributed by atoms with E-state index in [9.17, 15) is 0 Å². The fourth-order valence-electron chi connectivity index (χ4n) is 3.04. The third-order valence-corrected chi connectivity index (χ3v) is 4.36. The molecule has 1 atom stereocenters. The Bertz CT molecular complexity index is 555. The zero-order chi connectivity index (χ0) is 14.6. The zero-order valence-electron chi connectivity index (χ0n) is 12.8. The second-order valence-electron chi connectivity index (χ2n) is 5.16. The Morgan fingerprint density at radius 2 is 1.95 bits per heavy atom. The molecule has 2 aromatic rings. The monoisotopic (exact) mass is 272 g/mol. The van der Waals surface area contributed by atoms with E-state index in [1.165, 1.54) is 10.9 Å². The molecular weight excluding hydrogens is 248 g/mol. The minimum Gasteiger partial charge on any atom is -0.376 e. The van der Waals surface area contributed by atoms with Gasteiger partial charge >= 0.3 is 0 Å². The van der Waals surface area contributed by atoms with Crippen molar-refractivity contribution in [2.45, 2.75) is 38.3 Å². The lowest BCUT2D eigenvalue weighted by atomic mass is 9.84. The van der Waals surface area contributed by atoms with E-state index in [1.807, 2.05) is 31.4 Å². The highest BCUT2D eigenvalue weighted by molar-refractivity contribution is 5.78. The minimum atomic E-state index is -0.196. The van der Waals surface area contributed by atoms with E-state index in [-0.39, 0.29) is 11.6 Å².